The summed E-state index contributed by atoms with van der Waals surface area (Å²) in [4.78, 5) is 4.57. The SMILES string of the molecule is Cc1cc2nc(C(C)O)n(Cc3ccc(F)cc3)c2cc1C. The molecule has 3 aromatic rings. The van der Waals surface area contributed by atoms with Gasteiger partial charge in [0.15, 0.2) is 0 Å². The minimum Gasteiger partial charge on any atom is -0.385 e. The lowest BCUT2D eigenvalue weighted by molar-refractivity contribution is 0.185. The molecule has 114 valence electrons. The maximum atomic E-state index is 13.1. The molecular weight excluding hydrogens is 279 g/mol. The Balaban J connectivity index is 2.15. The summed E-state index contributed by atoms with van der Waals surface area (Å²) in [6.45, 7) is 6.38. The van der Waals surface area contributed by atoms with Crippen molar-refractivity contribution in [3.05, 3.63) is 64.7 Å². The van der Waals surface area contributed by atoms with Gasteiger partial charge in [-0.05, 0) is 61.7 Å². The summed E-state index contributed by atoms with van der Waals surface area (Å²) < 4.78 is 15.1. The van der Waals surface area contributed by atoms with E-state index in [-0.39, 0.29) is 5.82 Å². The summed E-state index contributed by atoms with van der Waals surface area (Å²) in [6.07, 6.45) is -0.659. The normalized spacial score (nSPS) is 12.8. The maximum absolute atomic E-state index is 13.1. The third kappa shape index (κ3) is 2.62. The molecule has 0 aliphatic heterocycles. The van der Waals surface area contributed by atoms with Crippen molar-refractivity contribution in [3.63, 3.8) is 0 Å². The molecule has 1 aromatic heterocycles. The van der Waals surface area contributed by atoms with Crippen LogP contribution in [0.5, 0.6) is 0 Å². The second-order valence-corrected chi connectivity index (χ2v) is 5.78. The smallest absolute Gasteiger partial charge is 0.138 e. The molecule has 0 aliphatic rings. The zero-order chi connectivity index (χ0) is 15.9. The molecule has 0 amide bonds. The van der Waals surface area contributed by atoms with Crippen LogP contribution < -0.4 is 0 Å². The molecule has 2 aromatic carbocycles. The quantitative estimate of drug-likeness (QED) is 0.796. The second-order valence-electron chi connectivity index (χ2n) is 5.78. The number of fused-ring (bicyclic) bond motifs is 1. The van der Waals surface area contributed by atoms with E-state index < -0.39 is 6.10 Å². The van der Waals surface area contributed by atoms with E-state index in [1.807, 2.05) is 10.6 Å². The zero-order valence-electron chi connectivity index (χ0n) is 13.0. The number of nitrogens with zero attached hydrogens (tertiary/aromatic N) is 2. The van der Waals surface area contributed by atoms with Crippen LogP contribution in [0.4, 0.5) is 4.39 Å². The molecule has 3 nitrogen and oxygen atoms in total. The summed E-state index contributed by atoms with van der Waals surface area (Å²) in [7, 11) is 0. The van der Waals surface area contributed by atoms with Crippen molar-refractivity contribution in [2.75, 3.05) is 0 Å². The molecule has 0 bridgehead atoms. The number of hydrogen-bond donors (Lipinski definition) is 1. The molecule has 1 N–H and O–H groups in total. The van der Waals surface area contributed by atoms with Crippen molar-refractivity contribution in [2.45, 2.75) is 33.4 Å². The fourth-order valence-electron chi connectivity index (χ4n) is 2.66. The lowest BCUT2D eigenvalue weighted by atomic mass is 10.1. The van der Waals surface area contributed by atoms with E-state index >= 15 is 0 Å². The highest BCUT2D eigenvalue weighted by atomic mass is 19.1. The minimum atomic E-state index is -0.659. The van der Waals surface area contributed by atoms with E-state index in [1.54, 1.807) is 19.1 Å². The molecule has 22 heavy (non-hydrogen) atoms. The van der Waals surface area contributed by atoms with Gasteiger partial charge in [0, 0.05) is 6.54 Å². The molecule has 0 spiro atoms. The van der Waals surface area contributed by atoms with Crippen molar-refractivity contribution < 1.29 is 9.50 Å². The van der Waals surface area contributed by atoms with Gasteiger partial charge in [0.1, 0.15) is 17.7 Å². The average Bonchev–Trinajstić information content (AvgIpc) is 2.80. The number of hydrogen-bond acceptors (Lipinski definition) is 2. The van der Waals surface area contributed by atoms with Crippen molar-refractivity contribution in [1.29, 1.82) is 0 Å². The number of aromatic nitrogens is 2. The number of rotatable bonds is 3. The molecule has 0 saturated carbocycles. The van der Waals surface area contributed by atoms with E-state index in [0.717, 1.165) is 16.6 Å². The van der Waals surface area contributed by atoms with Crippen LogP contribution in [-0.2, 0) is 6.54 Å². The van der Waals surface area contributed by atoms with E-state index in [2.05, 4.69) is 24.9 Å². The Morgan fingerprint density at radius 2 is 1.77 bits per heavy atom. The Labute approximate surface area is 129 Å². The highest BCUT2D eigenvalue weighted by Crippen LogP contribution is 2.25. The van der Waals surface area contributed by atoms with Gasteiger partial charge in [-0.25, -0.2) is 9.37 Å². The predicted octanol–water partition coefficient (Wildman–Crippen LogP) is 3.89. The molecule has 1 unspecified atom stereocenters. The van der Waals surface area contributed by atoms with Gasteiger partial charge in [-0.3, -0.25) is 0 Å². The van der Waals surface area contributed by atoms with Crippen LogP contribution in [-0.4, -0.2) is 14.7 Å². The number of benzene rings is 2. The summed E-state index contributed by atoms with van der Waals surface area (Å²) in [5, 5.41) is 10.0. The van der Waals surface area contributed by atoms with Gasteiger partial charge in [0.25, 0.3) is 0 Å². The molecule has 0 fully saturated rings. The topological polar surface area (TPSA) is 38.1 Å². The van der Waals surface area contributed by atoms with Crippen LogP contribution >= 0.6 is 0 Å². The standard InChI is InChI=1S/C18H19FN2O/c1-11-8-16-17(9-12(11)2)21(18(20-16)13(3)22)10-14-4-6-15(19)7-5-14/h4-9,13,22H,10H2,1-3H3. The van der Waals surface area contributed by atoms with Crippen LogP contribution in [0.2, 0.25) is 0 Å². The van der Waals surface area contributed by atoms with Gasteiger partial charge in [-0.2, -0.15) is 0 Å². The number of aliphatic hydroxyl groups excluding tert-OH is 1. The average molecular weight is 298 g/mol. The largest absolute Gasteiger partial charge is 0.385 e. The fourth-order valence-corrected chi connectivity index (χ4v) is 2.66. The Morgan fingerprint density at radius 1 is 1.14 bits per heavy atom. The van der Waals surface area contributed by atoms with Gasteiger partial charge >= 0.3 is 0 Å². The molecule has 0 aliphatic carbocycles. The lowest BCUT2D eigenvalue weighted by Crippen LogP contribution is -2.08. The molecule has 0 saturated heterocycles. The summed E-state index contributed by atoms with van der Waals surface area (Å²) in [5.41, 5.74) is 5.20. The first kappa shape index (κ1) is 14.7. The molecule has 3 rings (SSSR count). The van der Waals surface area contributed by atoms with Gasteiger partial charge in [-0.1, -0.05) is 12.1 Å². The van der Waals surface area contributed by atoms with Gasteiger partial charge in [0.2, 0.25) is 0 Å². The van der Waals surface area contributed by atoms with Gasteiger partial charge in [-0.15, -0.1) is 0 Å². The molecule has 0 radical (unpaired) electrons. The first-order chi connectivity index (χ1) is 10.5. The van der Waals surface area contributed by atoms with E-state index in [1.165, 1.54) is 23.3 Å². The predicted molar refractivity (Wildman–Crippen MR) is 85.3 cm³/mol. The van der Waals surface area contributed by atoms with Crippen LogP contribution in [0.3, 0.4) is 0 Å². The van der Waals surface area contributed by atoms with Crippen LogP contribution in [0.1, 0.15) is 35.5 Å². The van der Waals surface area contributed by atoms with Crippen molar-refractivity contribution >= 4 is 11.0 Å². The zero-order valence-corrected chi connectivity index (χ0v) is 13.0. The summed E-state index contributed by atoms with van der Waals surface area (Å²) >= 11 is 0. The van der Waals surface area contributed by atoms with Crippen LogP contribution in [0, 0.1) is 19.7 Å². The van der Waals surface area contributed by atoms with E-state index in [0.29, 0.717) is 12.4 Å². The minimum absolute atomic E-state index is 0.249. The highest BCUT2D eigenvalue weighted by molar-refractivity contribution is 5.78. The van der Waals surface area contributed by atoms with E-state index in [9.17, 15) is 9.50 Å². The number of aryl methyl sites for hydroxylation is 2. The van der Waals surface area contributed by atoms with Gasteiger partial charge in [0.05, 0.1) is 11.0 Å². The molecule has 1 atom stereocenters. The monoisotopic (exact) mass is 298 g/mol. The van der Waals surface area contributed by atoms with Crippen LogP contribution in [0.15, 0.2) is 36.4 Å². The van der Waals surface area contributed by atoms with Crippen molar-refractivity contribution in [1.82, 2.24) is 9.55 Å². The summed E-state index contributed by atoms with van der Waals surface area (Å²) in [6, 6.07) is 10.5. The first-order valence-corrected chi connectivity index (χ1v) is 7.35. The Bertz CT molecular complexity index is 819. The summed E-state index contributed by atoms with van der Waals surface area (Å²) in [5.74, 6) is 0.380. The molecule has 4 heteroatoms. The molecular formula is C18H19FN2O. The maximum Gasteiger partial charge on any atom is 0.138 e. The second kappa shape index (κ2) is 5.54. The third-order valence-corrected chi connectivity index (χ3v) is 4.02. The Morgan fingerprint density at radius 3 is 2.41 bits per heavy atom. The highest BCUT2D eigenvalue weighted by Gasteiger charge is 2.16. The Hall–Kier alpha value is -2.20. The van der Waals surface area contributed by atoms with Crippen molar-refractivity contribution in [2.24, 2.45) is 0 Å². The lowest BCUT2D eigenvalue weighted by Gasteiger charge is -2.11. The van der Waals surface area contributed by atoms with Gasteiger partial charge < -0.3 is 9.67 Å². The number of halogens is 1. The van der Waals surface area contributed by atoms with Crippen LogP contribution in [0.25, 0.3) is 11.0 Å². The fraction of sp³-hybridized carbons (Fsp3) is 0.278. The van der Waals surface area contributed by atoms with Crippen molar-refractivity contribution in [3.8, 4) is 0 Å². The Kier molecular flexibility index (Phi) is 3.71. The number of imidazole rings is 1. The third-order valence-electron chi connectivity index (χ3n) is 4.02. The number of aliphatic hydroxyl groups is 1. The molecule has 1 heterocycles. The van der Waals surface area contributed by atoms with E-state index in [4.69, 9.17) is 0 Å². The first-order valence-electron chi connectivity index (χ1n) is 7.35.